The average molecular weight is 286 g/mol. The summed E-state index contributed by atoms with van der Waals surface area (Å²) >= 11 is 0. The molecule has 0 aromatic carbocycles. The first-order chi connectivity index (χ1) is 10.1. The summed E-state index contributed by atoms with van der Waals surface area (Å²) in [5.74, 6) is -0.444. The Morgan fingerprint density at radius 2 is 2.24 bits per heavy atom. The third-order valence-corrected chi connectivity index (χ3v) is 3.14. The zero-order valence-corrected chi connectivity index (χ0v) is 11.9. The summed E-state index contributed by atoms with van der Waals surface area (Å²) in [4.78, 5) is 20.4. The fourth-order valence-electron chi connectivity index (χ4n) is 2.31. The van der Waals surface area contributed by atoms with Crippen LogP contribution < -0.4 is 0 Å². The first-order valence-electron chi connectivity index (χ1n) is 6.48. The van der Waals surface area contributed by atoms with Crippen LogP contribution in [0.2, 0.25) is 0 Å². The van der Waals surface area contributed by atoms with Crippen LogP contribution in [0.5, 0.6) is 0 Å². The molecule has 0 saturated heterocycles. The number of carbonyl (C=O) groups excluding carboxylic acids is 1. The molecule has 21 heavy (non-hydrogen) atoms. The number of nitrogens with zero attached hydrogens (tertiary/aromatic N) is 6. The minimum absolute atomic E-state index is 0.291. The third kappa shape index (κ3) is 2.04. The highest BCUT2D eigenvalue weighted by molar-refractivity contribution is 6.01. The van der Waals surface area contributed by atoms with Crippen LogP contribution in [0.4, 0.5) is 0 Å². The third-order valence-electron chi connectivity index (χ3n) is 3.14. The van der Waals surface area contributed by atoms with Crippen molar-refractivity contribution in [2.75, 3.05) is 6.61 Å². The van der Waals surface area contributed by atoms with Crippen molar-refractivity contribution in [2.45, 2.75) is 13.8 Å². The molecule has 3 rings (SSSR count). The number of aryl methyl sites for hydroxylation is 2. The van der Waals surface area contributed by atoms with Gasteiger partial charge in [0.1, 0.15) is 18.2 Å². The van der Waals surface area contributed by atoms with E-state index in [0.29, 0.717) is 23.5 Å². The fourth-order valence-corrected chi connectivity index (χ4v) is 2.31. The van der Waals surface area contributed by atoms with Crippen LogP contribution in [0.25, 0.3) is 16.7 Å². The number of ether oxygens (including phenoxy) is 1. The highest BCUT2D eigenvalue weighted by Crippen LogP contribution is 2.26. The van der Waals surface area contributed by atoms with Gasteiger partial charge in [-0.3, -0.25) is 4.68 Å². The molecule has 0 N–H and O–H groups in total. The molecule has 108 valence electrons. The average Bonchev–Trinajstić information content (AvgIpc) is 3.07. The van der Waals surface area contributed by atoms with Crippen molar-refractivity contribution in [2.24, 2.45) is 7.05 Å². The largest absolute Gasteiger partial charge is 0.462 e. The highest BCUT2D eigenvalue weighted by atomic mass is 16.5. The van der Waals surface area contributed by atoms with Crippen LogP contribution in [0.3, 0.4) is 0 Å². The molecule has 8 nitrogen and oxygen atoms in total. The molecule has 3 heterocycles. The molecule has 0 amide bonds. The number of hydrogen-bond acceptors (Lipinski definition) is 6. The molecule has 0 saturated carbocycles. The molecule has 0 aliphatic rings. The van der Waals surface area contributed by atoms with E-state index in [2.05, 4.69) is 20.2 Å². The van der Waals surface area contributed by atoms with Gasteiger partial charge in [-0.25, -0.2) is 19.4 Å². The number of hydrogen-bond donors (Lipinski definition) is 0. The van der Waals surface area contributed by atoms with Crippen LogP contribution in [0.1, 0.15) is 23.0 Å². The lowest BCUT2D eigenvalue weighted by Crippen LogP contribution is -2.11. The van der Waals surface area contributed by atoms with Crippen LogP contribution in [-0.4, -0.2) is 42.1 Å². The van der Waals surface area contributed by atoms with Gasteiger partial charge in [-0.05, 0) is 13.8 Å². The SMILES string of the molecule is CCOC(=O)c1cnc2c(c(C)nn2C)c1-n1cncn1. The van der Waals surface area contributed by atoms with Gasteiger partial charge in [0.25, 0.3) is 0 Å². The fraction of sp³-hybridized carbons (Fsp3) is 0.308. The molecule has 0 atom stereocenters. The van der Waals surface area contributed by atoms with Gasteiger partial charge < -0.3 is 4.74 Å². The summed E-state index contributed by atoms with van der Waals surface area (Å²) in [7, 11) is 1.80. The summed E-state index contributed by atoms with van der Waals surface area (Å²) in [5.41, 5.74) is 2.36. The van der Waals surface area contributed by atoms with E-state index in [0.717, 1.165) is 11.1 Å². The van der Waals surface area contributed by atoms with Crippen molar-refractivity contribution in [1.29, 1.82) is 0 Å². The lowest BCUT2D eigenvalue weighted by Gasteiger charge is -2.09. The Balaban J connectivity index is 2.36. The van der Waals surface area contributed by atoms with E-state index in [4.69, 9.17) is 4.74 Å². The van der Waals surface area contributed by atoms with E-state index in [1.54, 1.807) is 18.7 Å². The first-order valence-corrected chi connectivity index (χ1v) is 6.48. The van der Waals surface area contributed by atoms with Crippen molar-refractivity contribution in [1.82, 2.24) is 29.5 Å². The first kappa shape index (κ1) is 13.2. The Kier molecular flexibility index (Phi) is 3.13. The van der Waals surface area contributed by atoms with E-state index in [1.807, 2.05) is 6.92 Å². The maximum Gasteiger partial charge on any atom is 0.341 e. The molecule has 0 bridgehead atoms. The normalized spacial score (nSPS) is 11.0. The van der Waals surface area contributed by atoms with Gasteiger partial charge in [-0.2, -0.15) is 10.2 Å². The van der Waals surface area contributed by atoms with E-state index >= 15 is 0 Å². The Labute approximate surface area is 120 Å². The summed E-state index contributed by atoms with van der Waals surface area (Å²) < 4.78 is 8.29. The molecule has 8 heteroatoms. The molecule has 0 aliphatic carbocycles. The van der Waals surface area contributed by atoms with Gasteiger partial charge in [-0.1, -0.05) is 0 Å². The van der Waals surface area contributed by atoms with Crippen LogP contribution in [-0.2, 0) is 11.8 Å². The number of rotatable bonds is 3. The predicted octanol–water partition coefficient (Wildman–Crippen LogP) is 1.03. The summed E-state index contributed by atoms with van der Waals surface area (Å²) in [6.45, 7) is 3.91. The van der Waals surface area contributed by atoms with E-state index in [9.17, 15) is 4.79 Å². The zero-order valence-electron chi connectivity index (χ0n) is 11.9. The van der Waals surface area contributed by atoms with Gasteiger partial charge in [0.05, 0.1) is 23.4 Å². The molecule has 0 radical (unpaired) electrons. The van der Waals surface area contributed by atoms with Gasteiger partial charge in [0.15, 0.2) is 5.65 Å². The van der Waals surface area contributed by atoms with Crippen molar-refractivity contribution in [3.8, 4) is 5.69 Å². The quantitative estimate of drug-likeness (QED) is 0.668. The number of pyridine rings is 1. The molecular weight excluding hydrogens is 272 g/mol. The van der Waals surface area contributed by atoms with E-state index < -0.39 is 5.97 Å². The smallest absolute Gasteiger partial charge is 0.341 e. The number of fused-ring (bicyclic) bond motifs is 1. The highest BCUT2D eigenvalue weighted by Gasteiger charge is 2.22. The van der Waals surface area contributed by atoms with Crippen LogP contribution in [0.15, 0.2) is 18.9 Å². The van der Waals surface area contributed by atoms with Crippen LogP contribution in [0, 0.1) is 6.92 Å². The Bertz CT molecular complexity index is 806. The molecule has 3 aromatic rings. The Morgan fingerprint density at radius 3 is 2.90 bits per heavy atom. The summed E-state index contributed by atoms with van der Waals surface area (Å²) in [5, 5.41) is 9.23. The zero-order chi connectivity index (χ0) is 15.0. The van der Waals surface area contributed by atoms with Gasteiger partial charge in [0.2, 0.25) is 0 Å². The number of carbonyl (C=O) groups is 1. The summed E-state index contributed by atoms with van der Waals surface area (Å²) in [6.07, 6.45) is 4.43. The summed E-state index contributed by atoms with van der Waals surface area (Å²) in [6, 6.07) is 0. The van der Waals surface area contributed by atoms with Gasteiger partial charge in [0, 0.05) is 13.2 Å². The van der Waals surface area contributed by atoms with Crippen molar-refractivity contribution in [3.05, 3.63) is 30.1 Å². The van der Waals surface area contributed by atoms with Crippen LogP contribution >= 0.6 is 0 Å². The minimum Gasteiger partial charge on any atom is -0.462 e. The topological polar surface area (TPSA) is 87.7 Å². The molecular formula is C13H14N6O2. The molecule has 0 unspecified atom stereocenters. The second-order valence-corrected chi connectivity index (χ2v) is 4.49. The second kappa shape index (κ2) is 4.97. The molecule has 3 aromatic heterocycles. The van der Waals surface area contributed by atoms with Crippen molar-refractivity contribution >= 4 is 17.0 Å². The Morgan fingerprint density at radius 1 is 1.43 bits per heavy atom. The maximum absolute atomic E-state index is 12.2. The molecule has 0 spiro atoms. The van der Waals surface area contributed by atoms with Crippen molar-refractivity contribution in [3.63, 3.8) is 0 Å². The van der Waals surface area contributed by atoms with Crippen molar-refractivity contribution < 1.29 is 9.53 Å². The molecule has 0 fully saturated rings. The standard InChI is InChI=1S/C13H14N6O2/c1-4-21-13(20)9-5-15-12-10(8(2)17-18(12)3)11(9)19-7-14-6-16-19/h5-7H,4H2,1-3H3. The predicted molar refractivity (Wildman–Crippen MR) is 74.1 cm³/mol. The van der Waals surface area contributed by atoms with E-state index in [-0.39, 0.29) is 0 Å². The maximum atomic E-state index is 12.2. The second-order valence-electron chi connectivity index (χ2n) is 4.49. The lowest BCUT2D eigenvalue weighted by molar-refractivity contribution is 0.0526. The van der Waals surface area contributed by atoms with Gasteiger partial charge in [-0.15, -0.1) is 0 Å². The monoisotopic (exact) mass is 286 g/mol. The number of aromatic nitrogens is 6. The number of esters is 1. The minimum atomic E-state index is -0.444. The molecule has 0 aliphatic heterocycles. The van der Waals surface area contributed by atoms with E-state index in [1.165, 1.54) is 23.5 Å². The lowest BCUT2D eigenvalue weighted by atomic mass is 10.1. The Hall–Kier alpha value is -2.77. The van der Waals surface area contributed by atoms with Gasteiger partial charge >= 0.3 is 5.97 Å².